The van der Waals surface area contributed by atoms with E-state index in [9.17, 15) is 21.6 Å². The minimum atomic E-state index is -4.51. The summed E-state index contributed by atoms with van der Waals surface area (Å²) in [5.74, 6) is 1.18. The van der Waals surface area contributed by atoms with Gasteiger partial charge in [0, 0.05) is 30.8 Å². The van der Waals surface area contributed by atoms with Crippen molar-refractivity contribution >= 4 is 38.1 Å². The van der Waals surface area contributed by atoms with Gasteiger partial charge in [0.25, 0.3) is 10.0 Å². The summed E-state index contributed by atoms with van der Waals surface area (Å²) in [6, 6.07) is 7.60. The Morgan fingerprint density at radius 3 is 2.13 bits per heavy atom. The second-order valence-corrected chi connectivity index (χ2v) is 12.4. The molecule has 0 spiro atoms. The first-order chi connectivity index (χ1) is 14.3. The first-order valence-corrected chi connectivity index (χ1v) is 12.8. The average molecular weight is 494 g/mol. The summed E-state index contributed by atoms with van der Waals surface area (Å²) in [5, 5.41) is -0.0832. The van der Waals surface area contributed by atoms with Crippen molar-refractivity contribution < 1.29 is 21.6 Å². The van der Waals surface area contributed by atoms with E-state index in [4.69, 9.17) is 11.6 Å². The zero-order valence-electron chi connectivity index (χ0n) is 17.3. The molecule has 0 atom stereocenters. The number of sulfonamides is 1. The smallest absolute Gasteiger partial charge is 0.354 e. The van der Waals surface area contributed by atoms with Gasteiger partial charge in [0.05, 0.1) is 15.5 Å². The van der Waals surface area contributed by atoms with E-state index >= 15 is 0 Å². The standard InChI is InChI=1S/C20H23ClF3N3O2S2/c1-19(2,3)14-4-6-16(7-5-14)31(28,29)26-30-10-8-27(9-11-30)18-17(21)12-15(13-25-18)20(22,23)24/h4-7,12-13H,8-11H2,1-3H3. The van der Waals surface area contributed by atoms with Gasteiger partial charge in [-0.15, -0.1) is 3.77 Å². The van der Waals surface area contributed by atoms with Gasteiger partial charge in [0.1, 0.15) is 5.82 Å². The fraction of sp³-hybridized carbons (Fsp3) is 0.450. The van der Waals surface area contributed by atoms with Crippen molar-refractivity contribution in [3.05, 3.63) is 52.7 Å². The molecule has 170 valence electrons. The van der Waals surface area contributed by atoms with Crippen LogP contribution in [0.25, 0.3) is 0 Å². The number of alkyl halides is 3. The molecule has 11 heteroatoms. The van der Waals surface area contributed by atoms with E-state index in [1.165, 1.54) is 0 Å². The first-order valence-electron chi connectivity index (χ1n) is 9.51. The molecule has 2 heterocycles. The third-order valence-electron chi connectivity index (χ3n) is 4.86. The van der Waals surface area contributed by atoms with Crippen LogP contribution in [0.2, 0.25) is 5.02 Å². The van der Waals surface area contributed by atoms with Crippen molar-refractivity contribution in [3.8, 4) is 0 Å². The Bertz CT molecular complexity index is 1090. The van der Waals surface area contributed by atoms with Crippen molar-refractivity contribution in [2.75, 3.05) is 29.5 Å². The molecule has 1 fully saturated rings. The van der Waals surface area contributed by atoms with Crippen LogP contribution in [0.3, 0.4) is 0 Å². The predicted molar refractivity (Wildman–Crippen MR) is 118 cm³/mol. The number of nitrogens with zero attached hydrogens (tertiary/aromatic N) is 3. The van der Waals surface area contributed by atoms with Gasteiger partial charge in [-0.2, -0.15) is 21.6 Å². The second kappa shape index (κ2) is 8.71. The second-order valence-electron chi connectivity index (χ2n) is 8.21. The summed E-state index contributed by atoms with van der Waals surface area (Å²) in [4.78, 5) is 5.78. The Balaban J connectivity index is 1.71. The molecule has 1 saturated heterocycles. The van der Waals surface area contributed by atoms with Gasteiger partial charge in [-0.3, -0.25) is 0 Å². The molecule has 1 aliphatic heterocycles. The Morgan fingerprint density at radius 2 is 1.65 bits per heavy atom. The van der Waals surface area contributed by atoms with Crippen LogP contribution in [0.5, 0.6) is 0 Å². The van der Waals surface area contributed by atoms with Crippen molar-refractivity contribution in [3.63, 3.8) is 0 Å². The molecule has 0 bridgehead atoms. The van der Waals surface area contributed by atoms with Gasteiger partial charge in [-0.25, -0.2) is 4.98 Å². The Hall–Kier alpha value is -1.65. The van der Waals surface area contributed by atoms with Crippen LogP contribution >= 0.6 is 11.6 Å². The van der Waals surface area contributed by atoms with Crippen LogP contribution in [0, 0.1) is 0 Å². The Labute approximate surface area is 187 Å². The number of benzene rings is 1. The third-order valence-corrected chi connectivity index (χ3v) is 8.95. The number of hydrogen-bond donors (Lipinski definition) is 0. The molecule has 0 radical (unpaired) electrons. The Morgan fingerprint density at radius 1 is 1.06 bits per heavy atom. The highest BCUT2D eigenvalue weighted by atomic mass is 35.5. The molecule has 0 unspecified atom stereocenters. The lowest BCUT2D eigenvalue weighted by Crippen LogP contribution is -2.38. The quantitative estimate of drug-likeness (QED) is 0.599. The highest BCUT2D eigenvalue weighted by molar-refractivity contribution is 8.00. The van der Waals surface area contributed by atoms with Crippen molar-refractivity contribution in [1.29, 1.82) is 0 Å². The van der Waals surface area contributed by atoms with Crippen molar-refractivity contribution in [2.45, 2.75) is 37.3 Å². The van der Waals surface area contributed by atoms with Gasteiger partial charge in [-0.05, 0) is 29.2 Å². The molecule has 1 aromatic carbocycles. The Kier molecular flexibility index (Phi) is 6.74. The van der Waals surface area contributed by atoms with E-state index in [2.05, 4.69) is 8.75 Å². The molecule has 5 nitrogen and oxygen atoms in total. The number of anilines is 1. The molecule has 0 amide bonds. The minimum absolute atomic E-state index is 0.0817. The number of pyridine rings is 1. The summed E-state index contributed by atoms with van der Waals surface area (Å²) >= 11 is 6.02. The van der Waals surface area contributed by atoms with E-state index in [0.717, 1.165) is 17.8 Å². The molecule has 3 rings (SSSR count). The molecule has 1 aliphatic rings. The van der Waals surface area contributed by atoms with E-state index in [1.54, 1.807) is 29.2 Å². The minimum Gasteiger partial charge on any atom is -0.354 e. The molecule has 0 N–H and O–H groups in total. The lowest BCUT2D eigenvalue weighted by molar-refractivity contribution is -0.137. The molecular formula is C20H23ClF3N3O2S2. The zero-order chi connectivity index (χ0) is 23.0. The van der Waals surface area contributed by atoms with Gasteiger partial charge in [-0.1, -0.05) is 55.2 Å². The number of aromatic nitrogens is 1. The summed E-state index contributed by atoms with van der Waals surface area (Å²) in [5.41, 5.74) is 0.0430. The van der Waals surface area contributed by atoms with Crippen LogP contribution in [0.1, 0.15) is 31.9 Å². The maximum atomic E-state index is 12.8. The van der Waals surface area contributed by atoms with Crippen LogP contribution in [-0.4, -0.2) is 38.0 Å². The molecule has 0 saturated carbocycles. The van der Waals surface area contributed by atoms with Crippen molar-refractivity contribution in [2.24, 2.45) is 3.77 Å². The van der Waals surface area contributed by atoms with Gasteiger partial charge in [0.15, 0.2) is 0 Å². The van der Waals surface area contributed by atoms with E-state index in [-0.39, 0.29) is 21.2 Å². The maximum Gasteiger partial charge on any atom is 0.417 e. The number of rotatable bonds is 3. The summed E-state index contributed by atoms with van der Waals surface area (Å²) < 4.78 is 67.8. The lowest BCUT2D eigenvalue weighted by Gasteiger charge is -2.29. The van der Waals surface area contributed by atoms with E-state index in [0.29, 0.717) is 24.6 Å². The van der Waals surface area contributed by atoms with Gasteiger partial charge >= 0.3 is 6.18 Å². The summed E-state index contributed by atoms with van der Waals surface area (Å²) in [7, 11) is -4.49. The summed E-state index contributed by atoms with van der Waals surface area (Å²) in [6.45, 7) is 6.96. The van der Waals surface area contributed by atoms with E-state index in [1.807, 2.05) is 20.8 Å². The fourth-order valence-electron chi connectivity index (χ4n) is 3.06. The first kappa shape index (κ1) is 24.0. The molecular weight excluding hydrogens is 471 g/mol. The SMILES string of the molecule is CC(C)(C)c1ccc(S(=O)(=O)N=S2CCN(c3ncc(C(F)(F)F)cc3Cl)CC2)cc1. The van der Waals surface area contributed by atoms with Gasteiger partial charge in [0.2, 0.25) is 0 Å². The lowest BCUT2D eigenvalue weighted by atomic mass is 9.87. The highest BCUT2D eigenvalue weighted by Crippen LogP contribution is 2.34. The highest BCUT2D eigenvalue weighted by Gasteiger charge is 2.32. The molecule has 31 heavy (non-hydrogen) atoms. The topological polar surface area (TPSA) is 62.6 Å². The monoisotopic (exact) mass is 493 g/mol. The predicted octanol–water partition coefficient (Wildman–Crippen LogP) is 5.06. The zero-order valence-corrected chi connectivity index (χ0v) is 19.7. The number of halogens is 4. The molecule has 1 aromatic heterocycles. The van der Waals surface area contributed by atoms with Crippen LogP contribution in [0.15, 0.2) is 45.2 Å². The maximum absolute atomic E-state index is 12.8. The largest absolute Gasteiger partial charge is 0.417 e. The van der Waals surface area contributed by atoms with Gasteiger partial charge < -0.3 is 4.90 Å². The van der Waals surface area contributed by atoms with Crippen molar-refractivity contribution in [1.82, 2.24) is 4.98 Å². The van der Waals surface area contributed by atoms with E-state index < -0.39 is 32.5 Å². The van der Waals surface area contributed by atoms with Crippen LogP contribution in [0.4, 0.5) is 19.0 Å². The average Bonchev–Trinajstić information content (AvgIpc) is 2.67. The number of hydrogen-bond acceptors (Lipinski definition) is 4. The normalized spacial score (nSPS) is 16.4. The summed E-state index contributed by atoms with van der Waals surface area (Å²) in [6.07, 6.45) is -3.76. The van der Waals surface area contributed by atoms with Crippen LogP contribution in [-0.2, 0) is 32.3 Å². The fourth-order valence-corrected chi connectivity index (χ4v) is 6.94. The molecule has 0 aliphatic carbocycles. The van der Waals surface area contributed by atoms with Crippen LogP contribution < -0.4 is 4.90 Å². The third kappa shape index (κ3) is 5.78. The molecule has 2 aromatic rings.